The summed E-state index contributed by atoms with van der Waals surface area (Å²) < 4.78 is 5.35. The molecule has 0 radical (unpaired) electrons. The van der Waals surface area contributed by atoms with Crippen molar-refractivity contribution < 1.29 is 9.84 Å². The molecule has 0 bridgehead atoms. The molecule has 0 aromatic carbocycles. The molecular formula is C19H35N7O2. The SMILES string of the molecule is Nc1cc(N2CCN(CCOCCO)CC2)nc(NCNC2CCCCC2)n1. The van der Waals surface area contributed by atoms with Gasteiger partial charge in [0, 0.05) is 44.8 Å². The first-order valence-electron chi connectivity index (χ1n) is 10.5. The normalized spacial score (nSPS) is 19.1. The van der Waals surface area contributed by atoms with Crippen molar-refractivity contribution >= 4 is 17.6 Å². The van der Waals surface area contributed by atoms with Crippen LogP contribution in [0, 0.1) is 0 Å². The van der Waals surface area contributed by atoms with Crippen molar-refractivity contribution in [2.75, 3.05) is 75.2 Å². The van der Waals surface area contributed by atoms with Gasteiger partial charge in [-0.25, -0.2) is 0 Å². The summed E-state index contributed by atoms with van der Waals surface area (Å²) in [6.07, 6.45) is 6.49. The molecule has 1 saturated heterocycles. The summed E-state index contributed by atoms with van der Waals surface area (Å²) in [5.41, 5.74) is 6.02. The maximum Gasteiger partial charge on any atom is 0.227 e. The van der Waals surface area contributed by atoms with E-state index in [-0.39, 0.29) is 6.61 Å². The van der Waals surface area contributed by atoms with Crippen molar-refractivity contribution in [3.8, 4) is 0 Å². The fraction of sp³-hybridized carbons (Fsp3) is 0.789. The molecule has 9 heteroatoms. The number of anilines is 3. The number of ether oxygens (including phenoxy) is 1. The third-order valence-electron chi connectivity index (χ3n) is 5.46. The largest absolute Gasteiger partial charge is 0.394 e. The molecule has 28 heavy (non-hydrogen) atoms. The third kappa shape index (κ3) is 6.73. The van der Waals surface area contributed by atoms with E-state index in [1.165, 1.54) is 32.1 Å². The van der Waals surface area contributed by atoms with Gasteiger partial charge in [0.15, 0.2) is 0 Å². The first-order valence-corrected chi connectivity index (χ1v) is 10.5. The second-order valence-corrected chi connectivity index (χ2v) is 7.53. The molecule has 2 aliphatic rings. The Hall–Kier alpha value is -1.68. The number of rotatable bonds is 10. The van der Waals surface area contributed by atoms with Crippen LogP contribution < -0.4 is 21.3 Å². The Balaban J connectivity index is 1.44. The maximum absolute atomic E-state index is 8.75. The van der Waals surface area contributed by atoms with Crippen LogP contribution in [0.4, 0.5) is 17.6 Å². The number of hydrogen-bond donors (Lipinski definition) is 4. The van der Waals surface area contributed by atoms with Gasteiger partial charge in [0.2, 0.25) is 5.95 Å². The zero-order valence-corrected chi connectivity index (χ0v) is 16.8. The number of piperazine rings is 1. The Morgan fingerprint density at radius 2 is 1.89 bits per heavy atom. The Kier molecular flexibility index (Phi) is 8.53. The Morgan fingerprint density at radius 3 is 2.64 bits per heavy atom. The van der Waals surface area contributed by atoms with Crippen LogP contribution in [0.2, 0.25) is 0 Å². The fourth-order valence-electron chi connectivity index (χ4n) is 3.84. The van der Waals surface area contributed by atoms with Crippen LogP contribution in [0.3, 0.4) is 0 Å². The van der Waals surface area contributed by atoms with Gasteiger partial charge >= 0.3 is 0 Å². The summed E-state index contributed by atoms with van der Waals surface area (Å²) in [7, 11) is 0. The van der Waals surface area contributed by atoms with E-state index in [2.05, 4.69) is 30.4 Å². The molecule has 9 nitrogen and oxygen atoms in total. The molecule has 158 valence electrons. The average Bonchev–Trinajstić information content (AvgIpc) is 2.72. The highest BCUT2D eigenvalue weighted by molar-refractivity contribution is 5.51. The van der Waals surface area contributed by atoms with Gasteiger partial charge in [-0.2, -0.15) is 9.97 Å². The highest BCUT2D eigenvalue weighted by Crippen LogP contribution is 2.19. The third-order valence-corrected chi connectivity index (χ3v) is 5.46. The van der Waals surface area contributed by atoms with E-state index >= 15 is 0 Å². The van der Waals surface area contributed by atoms with Crippen molar-refractivity contribution in [2.45, 2.75) is 38.1 Å². The van der Waals surface area contributed by atoms with E-state index in [9.17, 15) is 0 Å². The van der Waals surface area contributed by atoms with Crippen molar-refractivity contribution in [2.24, 2.45) is 0 Å². The van der Waals surface area contributed by atoms with E-state index < -0.39 is 0 Å². The van der Waals surface area contributed by atoms with Crippen molar-refractivity contribution in [3.05, 3.63) is 6.07 Å². The predicted molar refractivity (Wildman–Crippen MR) is 112 cm³/mol. The number of nitrogens with two attached hydrogens (primary N) is 1. The lowest BCUT2D eigenvalue weighted by atomic mass is 9.96. The lowest BCUT2D eigenvalue weighted by Crippen LogP contribution is -2.47. The molecule has 0 spiro atoms. The molecule has 1 aliphatic carbocycles. The van der Waals surface area contributed by atoms with E-state index in [0.29, 0.717) is 37.7 Å². The van der Waals surface area contributed by atoms with Gasteiger partial charge in [0.05, 0.1) is 26.5 Å². The number of aliphatic hydroxyl groups excluding tert-OH is 1. The minimum absolute atomic E-state index is 0.0788. The molecule has 0 amide bonds. The zero-order valence-electron chi connectivity index (χ0n) is 16.8. The average molecular weight is 394 g/mol. The van der Waals surface area contributed by atoms with Crippen molar-refractivity contribution in [1.29, 1.82) is 0 Å². The lowest BCUT2D eigenvalue weighted by Gasteiger charge is -2.35. The second-order valence-electron chi connectivity index (χ2n) is 7.53. The zero-order chi connectivity index (χ0) is 19.6. The molecule has 0 unspecified atom stereocenters. The number of aromatic nitrogens is 2. The number of aliphatic hydroxyl groups is 1. The molecule has 3 rings (SSSR count). The Morgan fingerprint density at radius 1 is 1.11 bits per heavy atom. The van der Waals surface area contributed by atoms with Gasteiger partial charge in [0.25, 0.3) is 0 Å². The Labute approximate surface area is 167 Å². The van der Waals surface area contributed by atoms with Crippen LogP contribution in [0.25, 0.3) is 0 Å². The summed E-state index contributed by atoms with van der Waals surface area (Å²) >= 11 is 0. The molecule has 5 N–H and O–H groups in total. The Bertz CT molecular complexity index is 575. The highest BCUT2D eigenvalue weighted by atomic mass is 16.5. The summed E-state index contributed by atoms with van der Waals surface area (Å²) in [5, 5.41) is 15.6. The van der Waals surface area contributed by atoms with Crippen LogP contribution in [0.15, 0.2) is 6.07 Å². The topological polar surface area (TPSA) is 112 Å². The monoisotopic (exact) mass is 393 g/mol. The second kappa shape index (κ2) is 11.4. The highest BCUT2D eigenvalue weighted by Gasteiger charge is 2.19. The van der Waals surface area contributed by atoms with Gasteiger partial charge in [0.1, 0.15) is 11.6 Å². The molecule has 0 atom stereocenters. The first kappa shape index (κ1) is 21.0. The molecule has 1 aliphatic heterocycles. The van der Waals surface area contributed by atoms with Gasteiger partial charge < -0.3 is 25.8 Å². The predicted octanol–water partition coefficient (Wildman–Crippen LogP) is 0.481. The lowest BCUT2D eigenvalue weighted by molar-refractivity contribution is 0.0724. The number of hydrogen-bond acceptors (Lipinski definition) is 9. The van der Waals surface area contributed by atoms with Gasteiger partial charge in [-0.3, -0.25) is 10.2 Å². The quantitative estimate of drug-likeness (QED) is 0.333. The van der Waals surface area contributed by atoms with Gasteiger partial charge in [-0.1, -0.05) is 19.3 Å². The van der Waals surface area contributed by atoms with E-state index in [0.717, 1.165) is 38.5 Å². The maximum atomic E-state index is 8.75. The smallest absolute Gasteiger partial charge is 0.227 e. The van der Waals surface area contributed by atoms with E-state index in [1.54, 1.807) is 0 Å². The molecule has 1 aromatic rings. The summed E-state index contributed by atoms with van der Waals surface area (Å²) in [5.74, 6) is 1.95. The van der Waals surface area contributed by atoms with E-state index in [1.807, 2.05) is 6.07 Å². The number of nitrogens with zero attached hydrogens (tertiary/aromatic N) is 4. The summed E-state index contributed by atoms with van der Waals surface area (Å²) in [4.78, 5) is 13.6. The molecule has 2 heterocycles. The molecule has 1 aromatic heterocycles. The molecule has 2 fully saturated rings. The van der Waals surface area contributed by atoms with Crippen LogP contribution in [-0.4, -0.2) is 85.2 Å². The standard InChI is InChI=1S/C19H35N7O2/c20-17-14-18(26-8-6-25(7-9-26)10-12-28-13-11-27)24-19(23-17)22-15-21-16-4-2-1-3-5-16/h14,16,21,27H,1-13,15H2,(H3,20,22,23,24). The van der Waals surface area contributed by atoms with Crippen LogP contribution in [0.5, 0.6) is 0 Å². The summed E-state index contributed by atoms with van der Waals surface area (Å²) in [6, 6.07) is 2.44. The van der Waals surface area contributed by atoms with Crippen LogP contribution in [0.1, 0.15) is 32.1 Å². The molecular weight excluding hydrogens is 358 g/mol. The summed E-state index contributed by atoms with van der Waals surface area (Å²) in [6.45, 7) is 6.40. The van der Waals surface area contributed by atoms with Crippen molar-refractivity contribution in [1.82, 2.24) is 20.2 Å². The molecule has 1 saturated carbocycles. The van der Waals surface area contributed by atoms with Crippen LogP contribution >= 0.6 is 0 Å². The van der Waals surface area contributed by atoms with Crippen molar-refractivity contribution in [3.63, 3.8) is 0 Å². The van der Waals surface area contributed by atoms with Crippen LogP contribution in [-0.2, 0) is 4.74 Å². The fourth-order valence-corrected chi connectivity index (χ4v) is 3.84. The first-order chi connectivity index (χ1) is 13.7. The van der Waals surface area contributed by atoms with Gasteiger partial charge in [-0.15, -0.1) is 0 Å². The minimum atomic E-state index is 0.0788. The minimum Gasteiger partial charge on any atom is -0.394 e. The van der Waals surface area contributed by atoms with Gasteiger partial charge in [-0.05, 0) is 12.8 Å². The number of nitrogens with one attached hydrogen (secondary N) is 2. The van der Waals surface area contributed by atoms with E-state index in [4.69, 9.17) is 15.6 Å². The number of nitrogen functional groups attached to an aromatic ring is 1.